The Morgan fingerprint density at radius 2 is 2.05 bits per heavy atom. The average molecular weight is 297 g/mol. The molecule has 110 valence electrons. The van der Waals surface area contributed by atoms with Gasteiger partial charge in [0.25, 0.3) is 5.56 Å². The molecule has 0 saturated heterocycles. The number of aryl methyl sites for hydroxylation is 1. The van der Waals surface area contributed by atoms with Gasteiger partial charge in [-0.1, -0.05) is 5.21 Å². The van der Waals surface area contributed by atoms with Crippen LogP contribution in [0, 0.1) is 0 Å². The quantitative estimate of drug-likeness (QED) is 0.764. The van der Waals surface area contributed by atoms with Crippen LogP contribution < -0.4 is 5.56 Å². The number of carbonyl (C=O) groups is 1. The van der Waals surface area contributed by atoms with Crippen molar-refractivity contribution < 1.29 is 9.90 Å². The van der Waals surface area contributed by atoms with E-state index < -0.39 is 5.97 Å². The highest BCUT2D eigenvalue weighted by molar-refractivity contribution is 5.87. The van der Waals surface area contributed by atoms with Crippen molar-refractivity contribution in [3.63, 3.8) is 0 Å². The van der Waals surface area contributed by atoms with E-state index in [1.165, 1.54) is 29.1 Å². The minimum atomic E-state index is -1.10. The molecule has 0 aliphatic heterocycles. The molecule has 3 aromatic rings. The third-order valence-corrected chi connectivity index (χ3v) is 3.17. The normalized spacial score (nSPS) is 10.6. The van der Waals surface area contributed by atoms with E-state index in [-0.39, 0.29) is 11.1 Å². The SMILES string of the molecule is Cn1nncc1-c1cncc(-n2cc(C(=O)O)ccc2=O)c1. The van der Waals surface area contributed by atoms with E-state index in [4.69, 9.17) is 5.11 Å². The Kier molecular flexibility index (Phi) is 3.26. The summed E-state index contributed by atoms with van der Waals surface area (Å²) < 4.78 is 2.82. The lowest BCUT2D eigenvalue weighted by molar-refractivity contribution is 0.0696. The first-order valence-corrected chi connectivity index (χ1v) is 6.33. The lowest BCUT2D eigenvalue weighted by Crippen LogP contribution is -2.18. The van der Waals surface area contributed by atoms with E-state index in [1.807, 2.05) is 0 Å². The van der Waals surface area contributed by atoms with Crippen LogP contribution in [0.1, 0.15) is 10.4 Å². The second kappa shape index (κ2) is 5.24. The van der Waals surface area contributed by atoms with E-state index in [0.29, 0.717) is 5.69 Å². The van der Waals surface area contributed by atoms with Crippen LogP contribution in [-0.4, -0.2) is 35.6 Å². The number of aromatic carboxylic acids is 1. The first-order chi connectivity index (χ1) is 10.6. The minimum absolute atomic E-state index is 0.0206. The zero-order valence-electron chi connectivity index (χ0n) is 11.5. The smallest absolute Gasteiger partial charge is 0.337 e. The number of hydrogen-bond donors (Lipinski definition) is 1. The molecule has 0 fully saturated rings. The Morgan fingerprint density at radius 1 is 1.23 bits per heavy atom. The summed E-state index contributed by atoms with van der Waals surface area (Å²) >= 11 is 0. The molecule has 0 radical (unpaired) electrons. The number of hydrogen-bond acceptors (Lipinski definition) is 5. The van der Waals surface area contributed by atoms with Crippen LogP contribution in [-0.2, 0) is 7.05 Å². The van der Waals surface area contributed by atoms with E-state index in [9.17, 15) is 9.59 Å². The summed E-state index contributed by atoms with van der Waals surface area (Å²) in [4.78, 5) is 27.1. The number of nitrogens with zero attached hydrogens (tertiary/aromatic N) is 5. The highest BCUT2D eigenvalue weighted by Crippen LogP contribution is 2.18. The summed E-state index contributed by atoms with van der Waals surface area (Å²) in [6.07, 6.45) is 5.96. The van der Waals surface area contributed by atoms with E-state index >= 15 is 0 Å². The van der Waals surface area contributed by atoms with Crippen LogP contribution >= 0.6 is 0 Å². The van der Waals surface area contributed by atoms with Crippen LogP contribution in [0.15, 0.2) is 47.8 Å². The summed E-state index contributed by atoms with van der Waals surface area (Å²) in [5.74, 6) is -1.10. The van der Waals surface area contributed by atoms with Crippen LogP contribution in [0.4, 0.5) is 0 Å². The Morgan fingerprint density at radius 3 is 2.73 bits per heavy atom. The second-order valence-electron chi connectivity index (χ2n) is 4.61. The fourth-order valence-electron chi connectivity index (χ4n) is 2.07. The van der Waals surface area contributed by atoms with Crippen LogP contribution in [0.25, 0.3) is 16.9 Å². The van der Waals surface area contributed by atoms with E-state index in [0.717, 1.165) is 11.3 Å². The van der Waals surface area contributed by atoms with E-state index in [2.05, 4.69) is 15.3 Å². The molecule has 0 bridgehead atoms. The zero-order chi connectivity index (χ0) is 15.7. The van der Waals surface area contributed by atoms with Gasteiger partial charge in [-0.05, 0) is 12.1 Å². The molecule has 0 aromatic carbocycles. The average Bonchev–Trinajstić information content (AvgIpc) is 2.94. The first kappa shape index (κ1) is 13.7. The fourth-order valence-corrected chi connectivity index (χ4v) is 2.07. The zero-order valence-corrected chi connectivity index (χ0v) is 11.5. The van der Waals surface area contributed by atoms with Gasteiger partial charge in [0.1, 0.15) is 0 Å². The van der Waals surface area contributed by atoms with Gasteiger partial charge in [0, 0.05) is 31.1 Å². The molecule has 3 aromatic heterocycles. The predicted molar refractivity (Wildman–Crippen MR) is 76.8 cm³/mol. The topological polar surface area (TPSA) is 103 Å². The maximum Gasteiger partial charge on any atom is 0.337 e. The maximum absolute atomic E-state index is 12.0. The number of carboxylic acids is 1. The van der Waals surface area contributed by atoms with Crippen molar-refractivity contribution in [2.45, 2.75) is 0 Å². The van der Waals surface area contributed by atoms with Gasteiger partial charge in [-0.15, -0.1) is 5.10 Å². The summed E-state index contributed by atoms with van der Waals surface area (Å²) in [5.41, 5.74) is 1.60. The molecule has 8 nitrogen and oxygen atoms in total. The third-order valence-electron chi connectivity index (χ3n) is 3.17. The van der Waals surface area contributed by atoms with Gasteiger partial charge in [0.05, 0.1) is 29.3 Å². The van der Waals surface area contributed by atoms with Crippen molar-refractivity contribution >= 4 is 5.97 Å². The van der Waals surface area contributed by atoms with Gasteiger partial charge in [-0.2, -0.15) is 0 Å². The van der Waals surface area contributed by atoms with Crippen molar-refractivity contribution in [1.82, 2.24) is 24.5 Å². The predicted octanol–water partition coefficient (Wildman–Crippen LogP) is 0.726. The monoisotopic (exact) mass is 297 g/mol. The summed E-state index contributed by atoms with van der Waals surface area (Å²) in [7, 11) is 1.74. The van der Waals surface area contributed by atoms with Gasteiger partial charge < -0.3 is 5.11 Å². The molecule has 0 spiro atoms. The Bertz CT molecular complexity index is 913. The van der Waals surface area contributed by atoms with Gasteiger partial charge in [-0.3, -0.25) is 14.3 Å². The van der Waals surface area contributed by atoms with E-state index in [1.54, 1.807) is 30.2 Å². The molecule has 8 heteroatoms. The molecule has 0 amide bonds. The molecule has 0 atom stereocenters. The molecule has 3 heterocycles. The lowest BCUT2D eigenvalue weighted by atomic mass is 10.2. The number of rotatable bonds is 3. The Hall–Kier alpha value is -3.29. The standard InChI is InChI=1S/C14H11N5O3/c1-18-12(7-16-17-18)10-4-11(6-15-5-10)19-8-9(14(21)22)2-3-13(19)20/h2-8H,1H3,(H,21,22). The maximum atomic E-state index is 12.0. The number of aromatic nitrogens is 5. The molecule has 3 rings (SSSR count). The first-order valence-electron chi connectivity index (χ1n) is 6.33. The highest BCUT2D eigenvalue weighted by Gasteiger charge is 2.09. The lowest BCUT2D eigenvalue weighted by Gasteiger charge is -2.08. The van der Waals surface area contributed by atoms with Gasteiger partial charge in [-0.25, -0.2) is 9.48 Å². The largest absolute Gasteiger partial charge is 0.478 e. The molecular formula is C14H11N5O3. The summed E-state index contributed by atoms with van der Waals surface area (Å²) in [5, 5.41) is 16.7. The van der Waals surface area contributed by atoms with Crippen molar-refractivity contribution in [3.05, 3.63) is 58.9 Å². The van der Waals surface area contributed by atoms with Gasteiger partial charge >= 0.3 is 5.97 Å². The van der Waals surface area contributed by atoms with Gasteiger partial charge in [0.2, 0.25) is 0 Å². The molecule has 0 aliphatic carbocycles. The number of carboxylic acid groups (broad SMARTS) is 1. The Labute approximate surface area is 124 Å². The van der Waals surface area contributed by atoms with Crippen LogP contribution in [0.3, 0.4) is 0 Å². The number of pyridine rings is 2. The molecule has 22 heavy (non-hydrogen) atoms. The fraction of sp³-hybridized carbons (Fsp3) is 0.0714. The second-order valence-corrected chi connectivity index (χ2v) is 4.61. The molecular weight excluding hydrogens is 286 g/mol. The van der Waals surface area contributed by atoms with Gasteiger partial charge in [0.15, 0.2) is 0 Å². The van der Waals surface area contributed by atoms with Crippen molar-refractivity contribution in [2.75, 3.05) is 0 Å². The van der Waals surface area contributed by atoms with Crippen LogP contribution in [0.2, 0.25) is 0 Å². The van der Waals surface area contributed by atoms with Crippen LogP contribution in [0.5, 0.6) is 0 Å². The highest BCUT2D eigenvalue weighted by atomic mass is 16.4. The molecule has 1 N–H and O–H groups in total. The molecule has 0 aliphatic rings. The molecule has 0 unspecified atom stereocenters. The summed E-state index contributed by atoms with van der Waals surface area (Å²) in [6, 6.07) is 4.20. The Balaban J connectivity index is 2.14. The third kappa shape index (κ3) is 2.37. The van der Waals surface area contributed by atoms with Crippen molar-refractivity contribution in [3.8, 4) is 16.9 Å². The minimum Gasteiger partial charge on any atom is -0.478 e. The summed E-state index contributed by atoms with van der Waals surface area (Å²) in [6.45, 7) is 0. The molecule has 0 saturated carbocycles. The van der Waals surface area contributed by atoms with Crippen molar-refractivity contribution in [2.24, 2.45) is 7.05 Å². The van der Waals surface area contributed by atoms with Crippen molar-refractivity contribution in [1.29, 1.82) is 0 Å².